The molecular formula is C11H7BrN2. The maximum absolute atomic E-state index is 8.86. The van der Waals surface area contributed by atoms with Crippen LogP contribution in [0.2, 0.25) is 0 Å². The molecule has 14 heavy (non-hydrogen) atoms. The fourth-order valence-electron chi connectivity index (χ4n) is 1.32. The Hall–Kier alpha value is -1.53. The Morgan fingerprint density at radius 2 is 2.07 bits per heavy atom. The molecule has 1 aromatic carbocycles. The third-order valence-electron chi connectivity index (χ3n) is 1.95. The second kappa shape index (κ2) is 3.69. The highest BCUT2D eigenvalue weighted by molar-refractivity contribution is 9.10. The Morgan fingerprint density at radius 3 is 2.79 bits per heavy atom. The second-order valence-corrected chi connectivity index (χ2v) is 3.77. The van der Waals surface area contributed by atoms with Crippen molar-refractivity contribution in [3.05, 3.63) is 52.8 Å². The van der Waals surface area contributed by atoms with Gasteiger partial charge >= 0.3 is 0 Å². The summed E-state index contributed by atoms with van der Waals surface area (Å²) in [6.45, 7) is 0. The largest absolute Gasteiger partial charge is 0.308 e. The molecule has 2 nitrogen and oxygen atoms in total. The maximum Gasteiger partial charge on any atom is 0.124 e. The van der Waals surface area contributed by atoms with Crippen molar-refractivity contribution in [2.75, 3.05) is 0 Å². The van der Waals surface area contributed by atoms with Crippen molar-refractivity contribution < 1.29 is 0 Å². The van der Waals surface area contributed by atoms with Crippen LogP contribution in [0.25, 0.3) is 5.69 Å². The number of hydrogen-bond donors (Lipinski definition) is 0. The summed E-state index contributed by atoms with van der Waals surface area (Å²) in [6, 6.07) is 13.6. The highest BCUT2D eigenvalue weighted by Crippen LogP contribution is 2.17. The smallest absolute Gasteiger partial charge is 0.124 e. The fraction of sp³-hybridized carbons (Fsp3) is 0. The summed E-state index contributed by atoms with van der Waals surface area (Å²) in [5.41, 5.74) is 1.63. The lowest BCUT2D eigenvalue weighted by molar-refractivity contribution is 1.05. The van der Waals surface area contributed by atoms with Gasteiger partial charge in [0, 0.05) is 16.4 Å². The first-order chi connectivity index (χ1) is 6.81. The van der Waals surface area contributed by atoms with Crippen LogP contribution in [-0.4, -0.2) is 4.57 Å². The number of benzene rings is 1. The highest BCUT2D eigenvalue weighted by atomic mass is 79.9. The molecule has 68 valence electrons. The fourth-order valence-corrected chi connectivity index (χ4v) is 1.71. The molecule has 0 aliphatic rings. The van der Waals surface area contributed by atoms with E-state index in [9.17, 15) is 0 Å². The van der Waals surface area contributed by atoms with Crippen molar-refractivity contribution in [1.82, 2.24) is 4.57 Å². The first-order valence-electron chi connectivity index (χ1n) is 4.14. The summed E-state index contributed by atoms with van der Waals surface area (Å²) >= 11 is 3.40. The number of halogens is 1. The molecule has 0 fully saturated rings. The second-order valence-electron chi connectivity index (χ2n) is 2.86. The van der Waals surface area contributed by atoms with E-state index in [0.717, 1.165) is 10.2 Å². The summed E-state index contributed by atoms with van der Waals surface area (Å²) in [7, 11) is 0. The third kappa shape index (κ3) is 1.57. The molecule has 0 aliphatic heterocycles. The van der Waals surface area contributed by atoms with Crippen LogP contribution < -0.4 is 0 Å². The lowest BCUT2D eigenvalue weighted by Crippen LogP contribution is -1.94. The Balaban J connectivity index is 2.56. The topological polar surface area (TPSA) is 28.7 Å². The molecule has 0 saturated carbocycles. The van der Waals surface area contributed by atoms with E-state index in [4.69, 9.17) is 5.26 Å². The molecule has 0 unspecified atom stereocenters. The zero-order chi connectivity index (χ0) is 9.97. The molecule has 0 radical (unpaired) electrons. The highest BCUT2D eigenvalue weighted by Gasteiger charge is 2.01. The molecule has 0 atom stereocenters. The van der Waals surface area contributed by atoms with Gasteiger partial charge in [-0.3, -0.25) is 0 Å². The van der Waals surface area contributed by atoms with E-state index >= 15 is 0 Å². The van der Waals surface area contributed by atoms with E-state index in [0.29, 0.717) is 5.69 Å². The third-order valence-corrected chi connectivity index (χ3v) is 2.44. The minimum Gasteiger partial charge on any atom is -0.308 e. The van der Waals surface area contributed by atoms with Crippen LogP contribution in [-0.2, 0) is 0 Å². The van der Waals surface area contributed by atoms with Crippen molar-refractivity contribution in [3.63, 3.8) is 0 Å². The Morgan fingerprint density at radius 1 is 1.21 bits per heavy atom. The van der Waals surface area contributed by atoms with E-state index in [2.05, 4.69) is 22.0 Å². The van der Waals surface area contributed by atoms with Gasteiger partial charge in [-0.1, -0.05) is 22.0 Å². The van der Waals surface area contributed by atoms with Gasteiger partial charge in [-0.25, -0.2) is 0 Å². The van der Waals surface area contributed by atoms with Crippen LogP contribution >= 0.6 is 15.9 Å². The van der Waals surface area contributed by atoms with Crippen molar-refractivity contribution in [1.29, 1.82) is 5.26 Å². The normalized spacial score (nSPS) is 9.71. The first-order valence-corrected chi connectivity index (χ1v) is 4.94. The molecule has 0 aliphatic carbocycles. The van der Waals surface area contributed by atoms with Crippen LogP contribution in [0, 0.1) is 11.3 Å². The molecule has 2 rings (SSSR count). The summed E-state index contributed by atoms with van der Waals surface area (Å²) < 4.78 is 2.86. The van der Waals surface area contributed by atoms with Crippen LogP contribution in [0.4, 0.5) is 0 Å². The van der Waals surface area contributed by atoms with Gasteiger partial charge in [0.2, 0.25) is 0 Å². The predicted molar refractivity (Wildman–Crippen MR) is 58.2 cm³/mol. The lowest BCUT2D eigenvalue weighted by atomic mass is 10.3. The Kier molecular flexibility index (Phi) is 2.38. The van der Waals surface area contributed by atoms with Crippen LogP contribution in [0.1, 0.15) is 5.69 Å². The van der Waals surface area contributed by atoms with Gasteiger partial charge in [-0.15, -0.1) is 0 Å². The van der Waals surface area contributed by atoms with Gasteiger partial charge in [-0.05, 0) is 30.3 Å². The summed E-state index contributed by atoms with van der Waals surface area (Å²) in [5.74, 6) is 0. The average molecular weight is 247 g/mol. The SMILES string of the molecule is N#Cc1cccn1-c1cccc(Br)c1. The summed E-state index contributed by atoms with van der Waals surface area (Å²) in [5, 5.41) is 8.86. The first kappa shape index (κ1) is 9.04. The monoisotopic (exact) mass is 246 g/mol. The van der Waals surface area contributed by atoms with Gasteiger partial charge in [-0.2, -0.15) is 5.26 Å². The van der Waals surface area contributed by atoms with Crippen molar-refractivity contribution >= 4 is 15.9 Å². The molecular weight excluding hydrogens is 240 g/mol. The minimum atomic E-state index is 0.642. The molecule has 0 spiro atoms. The number of rotatable bonds is 1. The van der Waals surface area contributed by atoms with E-state index in [1.165, 1.54) is 0 Å². The zero-order valence-electron chi connectivity index (χ0n) is 7.31. The van der Waals surface area contributed by atoms with Crippen molar-refractivity contribution in [2.45, 2.75) is 0 Å². The summed E-state index contributed by atoms with van der Waals surface area (Å²) in [4.78, 5) is 0. The van der Waals surface area contributed by atoms with Crippen LogP contribution in [0.5, 0.6) is 0 Å². The molecule has 2 aromatic rings. The van der Waals surface area contributed by atoms with Gasteiger partial charge in [0.15, 0.2) is 0 Å². The van der Waals surface area contributed by atoms with Gasteiger partial charge < -0.3 is 4.57 Å². The zero-order valence-corrected chi connectivity index (χ0v) is 8.90. The molecule has 0 bridgehead atoms. The predicted octanol–water partition coefficient (Wildman–Crippen LogP) is 3.11. The van der Waals surface area contributed by atoms with Gasteiger partial charge in [0.1, 0.15) is 11.8 Å². The van der Waals surface area contributed by atoms with Crippen LogP contribution in [0.15, 0.2) is 47.1 Å². The van der Waals surface area contributed by atoms with Crippen molar-refractivity contribution in [2.24, 2.45) is 0 Å². The molecule has 1 heterocycles. The molecule has 3 heteroatoms. The molecule has 0 saturated heterocycles. The number of aromatic nitrogens is 1. The standard InChI is InChI=1S/C11H7BrN2/c12-9-3-1-4-10(7-9)14-6-2-5-11(14)8-13/h1-7H. The minimum absolute atomic E-state index is 0.642. The Labute approximate surface area is 90.5 Å². The van der Waals surface area contributed by atoms with Crippen molar-refractivity contribution in [3.8, 4) is 11.8 Å². The average Bonchev–Trinajstić information content (AvgIpc) is 2.65. The number of nitriles is 1. The number of nitrogens with zero attached hydrogens (tertiary/aromatic N) is 2. The molecule has 0 N–H and O–H groups in total. The van der Waals surface area contributed by atoms with Gasteiger partial charge in [0.25, 0.3) is 0 Å². The van der Waals surface area contributed by atoms with E-state index in [-0.39, 0.29) is 0 Å². The van der Waals surface area contributed by atoms with E-state index < -0.39 is 0 Å². The number of hydrogen-bond acceptors (Lipinski definition) is 1. The quantitative estimate of drug-likeness (QED) is 0.761. The maximum atomic E-state index is 8.86. The van der Waals surface area contributed by atoms with Gasteiger partial charge in [0.05, 0.1) is 0 Å². The summed E-state index contributed by atoms with van der Waals surface area (Å²) in [6.07, 6.45) is 1.88. The Bertz CT molecular complexity index is 494. The molecule has 1 aromatic heterocycles. The van der Waals surface area contributed by atoms with E-state index in [1.54, 1.807) is 6.07 Å². The molecule has 0 amide bonds. The lowest BCUT2D eigenvalue weighted by Gasteiger charge is -2.04. The van der Waals surface area contributed by atoms with Crippen LogP contribution in [0.3, 0.4) is 0 Å². The van der Waals surface area contributed by atoms with E-state index in [1.807, 2.05) is 41.1 Å².